The number of nitrogens with one attached hydrogen (secondary N) is 2. The SMILES string of the molecule is CNC(=O)c1cc(Oc2cccc(CCNC(=O)c3ccc(C(=O)OC)cc3)c2)ccn1. The molecule has 1 heterocycles. The van der Waals surface area contributed by atoms with Gasteiger partial charge in [-0.2, -0.15) is 0 Å². The molecule has 32 heavy (non-hydrogen) atoms. The van der Waals surface area contributed by atoms with Crippen molar-refractivity contribution in [3.8, 4) is 11.5 Å². The normalized spacial score (nSPS) is 10.2. The van der Waals surface area contributed by atoms with Crippen molar-refractivity contribution in [2.75, 3.05) is 20.7 Å². The van der Waals surface area contributed by atoms with Crippen LogP contribution < -0.4 is 15.4 Å². The molecule has 0 atom stereocenters. The Morgan fingerprint density at radius 3 is 2.34 bits per heavy atom. The maximum atomic E-state index is 12.3. The number of pyridine rings is 1. The summed E-state index contributed by atoms with van der Waals surface area (Å²) in [6.45, 7) is 0.428. The van der Waals surface area contributed by atoms with Crippen LogP contribution in [-0.4, -0.2) is 43.5 Å². The van der Waals surface area contributed by atoms with E-state index in [9.17, 15) is 14.4 Å². The van der Waals surface area contributed by atoms with Crippen molar-refractivity contribution in [2.45, 2.75) is 6.42 Å². The van der Waals surface area contributed by atoms with Crippen LogP contribution in [0.3, 0.4) is 0 Å². The Balaban J connectivity index is 1.55. The molecule has 0 unspecified atom stereocenters. The van der Waals surface area contributed by atoms with E-state index >= 15 is 0 Å². The van der Waals surface area contributed by atoms with Crippen LogP contribution >= 0.6 is 0 Å². The van der Waals surface area contributed by atoms with Crippen molar-refractivity contribution in [1.29, 1.82) is 0 Å². The molecule has 0 aliphatic rings. The summed E-state index contributed by atoms with van der Waals surface area (Å²) < 4.78 is 10.5. The Morgan fingerprint density at radius 2 is 1.62 bits per heavy atom. The standard InChI is InChI=1S/C24H23N3O5/c1-25-23(29)21-15-20(11-13-26-21)32-19-5-3-4-16(14-19)10-12-27-22(28)17-6-8-18(9-7-17)24(30)31-2/h3-9,11,13-15H,10,12H2,1-2H3,(H,25,29)(H,27,28). The molecule has 164 valence electrons. The Hall–Kier alpha value is -4.20. The van der Waals surface area contributed by atoms with Gasteiger partial charge in [0.1, 0.15) is 17.2 Å². The van der Waals surface area contributed by atoms with Crippen LogP contribution in [-0.2, 0) is 11.2 Å². The summed E-state index contributed by atoms with van der Waals surface area (Å²) in [7, 11) is 2.85. The van der Waals surface area contributed by atoms with Gasteiger partial charge in [-0.1, -0.05) is 12.1 Å². The third kappa shape index (κ3) is 5.91. The second-order valence-electron chi connectivity index (χ2n) is 6.78. The van der Waals surface area contributed by atoms with E-state index in [2.05, 4.69) is 20.4 Å². The zero-order chi connectivity index (χ0) is 22.9. The highest BCUT2D eigenvalue weighted by atomic mass is 16.5. The Bertz CT molecular complexity index is 1110. The number of nitrogens with zero attached hydrogens (tertiary/aromatic N) is 1. The van der Waals surface area contributed by atoms with E-state index in [4.69, 9.17) is 4.74 Å². The molecule has 0 radical (unpaired) electrons. The highest BCUT2D eigenvalue weighted by molar-refractivity contribution is 5.96. The number of benzene rings is 2. The lowest BCUT2D eigenvalue weighted by Crippen LogP contribution is -2.25. The molecule has 3 rings (SSSR count). The second-order valence-corrected chi connectivity index (χ2v) is 6.78. The maximum Gasteiger partial charge on any atom is 0.337 e. The van der Waals surface area contributed by atoms with Crippen LogP contribution in [0.25, 0.3) is 0 Å². The van der Waals surface area contributed by atoms with Crippen molar-refractivity contribution in [3.05, 3.63) is 89.2 Å². The topological polar surface area (TPSA) is 107 Å². The van der Waals surface area contributed by atoms with Gasteiger partial charge in [-0.05, 0) is 54.4 Å². The molecule has 8 heteroatoms. The molecule has 3 aromatic rings. The Morgan fingerprint density at radius 1 is 0.906 bits per heavy atom. The molecule has 0 spiro atoms. The molecule has 0 aliphatic heterocycles. The molecule has 2 N–H and O–H groups in total. The fraction of sp³-hybridized carbons (Fsp3) is 0.167. The number of ether oxygens (including phenoxy) is 2. The summed E-state index contributed by atoms with van der Waals surface area (Å²) in [5.41, 5.74) is 2.09. The minimum Gasteiger partial charge on any atom is -0.465 e. The maximum absolute atomic E-state index is 12.3. The Labute approximate surface area is 185 Å². The van der Waals surface area contributed by atoms with Gasteiger partial charge in [0.2, 0.25) is 0 Å². The number of hydrogen-bond acceptors (Lipinski definition) is 6. The van der Waals surface area contributed by atoms with Crippen LogP contribution in [0.5, 0.6) is 11.5 Å². The number of esters is 1. The van der Waals surface area contributed by atoms with Crippen molar-refractivity contribution in [3.63, 3.8) is 0 Å². The number of carbonyl (C=O) groups excluding carboxylic acids is 3. The molecular weight excluding hydrogens is 410 g/mol. The average molecular weight is 433 g/mol. The molecular formula is C24H23N3O5. The van der Waals surface area contributed by atoms with E-state index in [1.54, 1.807) is 36.4 Å². The first kappa shape index (κ1) is 22.5. The molecule has 0 bridgehead atoms. The summed E-state index contributed by atoms with van der Waals surface area (Å²) in [6, 6.07) is 17.0. The highest BCUT2D eigenvalue weighted by Crippen LogP contribution is 2.22. The molecule has 0 saturated carbocycles. The van der Waals surface area contributed by atoms with Crippen LogP contribution in [0.2, 0.25) is 0 Å². The van der Waals surface area contributed by atoms with Gasteiger partial charge >= 0.3 is 5.97 Å². The molecule has 0 saturated heterocycles. The lowest BCUT2D eigenvalue weighted by Gasteiger charge is -2.09. The largest absolute Gasteiger partial charge is 0.465 e. The molecule has 0 fully saturated rings. The highest BCUT2D eigenvalue weighted by Gasteiger charge is 2.09. The van der Waals surface area contributed by atoms with Gasteiger partial charge in [0.05, 0.1) is 12.7 Å². The van der Waals surface area contributed by atoms with Gasteiger partial charge in [0, 0.05) is 31.4 Å². The molecule has 2 amide bonds. The van der Waals surface area contributed by atoms with Gasteiger partial charge in [-0.3, -0.25) is 14.6 Å². The van der Waals surface area contributed by atoms with E-state index in [1.165, 1.54) is 20.4 Å². The average Bonchev–Trinajstić information content (AvgIpc) is 2.83. The van der Waals surface area contributed by atoms with Crippen molar-refractivity contribution in [2.24, 2.45) is 0 Å². The van der Waals surface area contributed by atoms with Crippen LogP contribution in [0.15, 0.2) is 66.9 Å². The minimum absolute atomic E-state index is 0.229. The fourth-order valence-corrected chi connectivity index (χ4v) is 2.93. The van der Waals surface area contributed by atoms with E-state index in [0.717, 1.165) is 5.56 Å². The number of amides is 2. The number of carbonyl (C=O) groups is 3. The van der Waals surface area contributed by atoms with Gasteiger partial charge in [0.15, 0.2) is 0 Å². The predicted molar refractivity (Wildman–Crippen MR) is 118 cm³/mol. The summed E-state index contributed by atoms with van der Waals surface area (Å²) in [5.74, 6) is 0.142. The van der Waals surface area contributed by atoms with Gasteiger partial charge < -0.3 is 20.1 Å². The second kappa shape index (κ2) is 10.7. The summed E-state index contributed by atoms with van der Waals surface area (Å²) in [4.78, 5) is 39.5. The molecule has 1 aromatic heterocycles. The third-order valence-corrected chi connectivity index (χ3v) is 4.59. The zero-order valence-corrected chi connectivity index (χ0v) is 17.8. The number of aromatic nitrogens is 1. The first-order chi connectivity index (χ1) is 15.5. The first-order valence-corrected chi connectivity index (χ1v) is 9.91. The molecule has 8 nitrogen and oxygen atoms in total. The van der Waals surface area contributed by atoms with Gasteiger partial charge in [0.25, 0.3) is 11.8 Å². The van der Waals surface area contributed by atoms with Crippen molar-refractivity contribution >= 4 is 17.8 Å². The molecule has 2 aromatic carbocycles. The van der Waals surface area contributed by atoms with Crippen LogP contribution in [0.1, 0.15) is 36.8 Å². The zero-order valence-electron chi connectivity index (χ0n) is 17.8. The Kier molecular flexibility index (Phi) is 7.53. The fourth-order valence-electron chi connectivity index (χ4n) is 2.93. The van der Waals surface area contributed by atoms with Crippen molar-refractivity contribution < 1.29 is 23.9 Å². The lowest BCUT2D eigenvalue weighted by atomic mass is 10.1. The quantitative estimate of drug-likeness (QED) is 0.529. The monoisotopic (exact) mass is 433 g/mol. The predicted octanol–water partition coefficient (Wildman–Crippen LogP) is 2.99. The van der Waals surface area contributed by atoms with E-state index < -0.39 is 5.97 Å². The number of methoxy groups -OCH3 is 1. The van der Waals surface area contributed by atoms with E-state index in [1.807, 2.05) is 24.3 Å². The molecule has 0 aliphatic carbocycles. The van der Waals surface area contributed by atoms with Crippen LogP contribution in [0, 0.1) is 0 Å². The van der Waals surface area contributed by atoms with E-state index in [0.29, 0.717) is 35.6 Å². The number of rotatable bonds is 8. The van der Waals surface area contributed by atoms with Crippen LogP contribution in [0.4, 0.5) is 0 Å². The smallest absolute Gasteiger partial charge is 0.337 e. The minimum atomic E-state index is -0.448. The first-order valence-electron chi connectivity index (χ1n) is 9.91. The lowest BCUT2D eigenvalue weighted by molar-refractivity contribution is 0.0600. The third-order valence-electron chi connectivity index (χ3n) is 4.59. The van der Waals surface area contributed by atoms with Gasteiger partial charge in [-0.25, -0.2) is 4.79 Å². The van der Waals surface area contributed by atoms with E-state index in [-0.39, 0.29) is 17.5 Å². The summed E-state index contributed by atoms with van der Waals surface area (Å²) in [6.07, 6.45) is 2.11. The summed E-state index contributed by atoms with van der Waals surface area (Å²) >= 11 is 0. The summed E-state index contributed by atoms with van der Waals surface area (Å²) in [5, 5.41) is 5.38. The van der Waals surface area contributed by atoms with Crippen molar-refractivity contribution in [1.82, 2.24) is 15.6 Å². The van der Waals surface area contributed by atoms with Gasteiger partial charge in [-0.15, -0.1) is 0 Å². The number of hydrogen-bond donors (Lipinski definition) is 2.